The molecule has 0 saturated carbocycles. The molecule has 2 aliphatic rings. The second kappa shape index (κ2) is 13.5. The normalized spacial score (nSPS) is 19.8. The Bertz CT molecular complexity index is 646. The van der Waals surface area contributed by atoms with E-state index in [0.717, 1.165) is 64.5 Å². The number of nitrogens with zero attached hydrogens (tertiary/aromatic N) is 3. The van der Waals surface area contributed by atoms with Crippen molar-refractivity contribution < 1.29 is 9.47 Å². The molecular weight excluding hydrogens is 491 g/mol. The lowest BCUT2D eigenvalue weighted by atomic mass is 9.96. The summed E-state index contributed by atoms with van der Waals surface area (Å²) in [5, 5.41) is 3.64. The van der Waals surface area contributed by atoms with Crippen LogP contribution in [0.5, 0.6) is 0 Å². The van der Waals surface area contributed by atoms with Gasteiger partial charge in [-0.05, 0) is 37.7 Å². The predicted octanol–water partition coefficient (Wildman–Crippen LogP) is 3.31. The first-order valence-electron chi connectivity index (χ1n) is 11.0. The molecule has 1 unspecified atom stereocenters. The first kappa shape index (κ1) is 25.4. The molecule has 2 heterocycles. The summed E-state index contributed by atoms with van der Waals surface area (Å²) in [5.74, 6) is 1.75. The molecule has 0 aromatic heterocycles. The topological polar surface area (TPSA) is 49.3 Å². The summed E-state index contributed by atoms with van der Waals surface area (Å²) >= 11 is 0. The highest BCUT2D eigenvalue weighted by Crippen LogP contribution is 2.22. The summed E-state index contributed by atoms with van der Waals surface area (Å²) in [5.41, 5.74) is 2.67. The molecule has 1 aromatic rings. The molecule has 1 aromatic carbocycles. The number of rotatable bonds is 7. The van der Waals surface area contributed by atoms with Gasteiger partial charge < -0.3 is 19.7 Å². The third kappa shape index (κ3) is 7.66. The van der Waals surface area contributed by atoms with Gasteiger partial charge in [-0.3, -0.25) is 9.89 Å². The van der Waals surface area contributed by atoms with Gasteiger partial charge in [-0.15, -0.1) is 24.0 Å². The van der Waals surface area contributed by atoms with Gasteiger partial charge in [-0.25, -0.2) is 0 Å². The number of aliphatic imine (C=N–C) groups is 1. The second-order valence-corrected chi connectivity index (χ2v) is 8.27. The molecule has 1 N–H and O–H groups in total. The van der Waals surface area contributed by atoms with Crippen molar-refractivity contribution in [3.8, 4) is 0 Å². The Hall–Kier alpha value is -0.900. The fraction of sp³-hybridized carbons (Fsp3) is 0.696. The molecule has 3 rings (SSSR count). The number of nitrogens with one attached hydrogen (secondary N) is 1. The van der Waals surface area contributed by atoms with E-state index in [0.29, 0.717) is 6.04 Å². The van der Waals surface area contributed by atoms with Crippen molar-refractivity contribution in [3.63, 3.8) is 0 Å². The molecule has 30 heavy (non-hydrogen) atoms. The first-order chi connectivity index (χ1) is 14.2. The molecule has 1 atom stereocenters. The standard InChI is InChI=1S/C23H38N4O2.HI/c1-19-5-4-6-21(17-19)22(27-11-15-29-16-12-27)18-25-23(24-2)26(3)10-7-20-8-13-28-14-9-20;/h4-6,17,20,22H,7-16,18H2,1-3H3,(H,24,25);1H. The zero-order chi connectivity index (χ0) is 20.5. The largest absolute Gasteiger partial charge is 0.381 e. The lowest BCUT2D eigenvalue weighted by molar-refractivity contribution is 0.0169. The maximum absolute atomic E-state index is 5.58. The van der Waals surface area contributed by atoms with Crippen LogP contribution in [-0.4, -0.2) is 82.5 Å². The Kier molecular flexibility index (Phi) is 11.4. The number of guanidine groups is 1. The minimum atomic E-state index is 0. The van der Waals surface area contributed by atoms with Gasteiger partial charge in [0.05, 0.1) is 19.3 Å². The summed E-state index contributed by atoms with van der Waals surface area (Å²) < 4.78 is 11.1. The van der Waals surface area contributed by atoms with Gasteiger partial charge >= 0.3 is 0 Å². The highest BCUT2D eigenvalue weighted by molar-refractivity contribution is 14.0. The van der Waals surface area contributed by atoms with Crippen LogP contribution in [0.1, 0.15) is 36.4 Å². The molecule has 0 bridgehead atoms. The van der Waals surface area contributed by atoms with Gasteiger partial charge in [-0.2, -0.15) is 0 Å². The van der Waals surface area contributed by atoms with Crippen LogP contribution in [0, 0.1) is 12.8 Å². The number of morpholine rings is 1. The van der Waals surface area contributed by atoms with Crippen LogP contribution in [0.3, 0.4) is 0 Å². The van der Waals surface area contributed by atoms with E-state index >= 15 is 0 Å². The van der Waals surface area contributed by atoms with Crippen LogP contribution in [-0.2, 0) is 9.47 Å². The van der Waals surface area contributed by atoms with E-state index in [-0.39, 0.29) is 24.0 Å². The molecule has 2 aliphatic heterocycles. The SMILES string of the molecule is CN=C(NCC(c1cccc(C)c1)N1CCOCC1)N(C)CCC1CCOCC1.I. The minimum absolute atomic E-state index is 0. The molecule has 170 valence electrons. The van der Waals surface area contributed by atoms with Gasteiger partial charge in [0.25, 0.3) is 0 Å². The highest BCUT2D eigenvalue weighted by Gasteiger charge is 2.23. The maximum atomic E-state index is 5.58. The predicted molar refractivity (Wildman–Crippen MR) is 134 cm³/mol. The Labute approximate surface area is 199 Å². The number of hydrogen-bond donors (Lipinski definition) is 1. The van der Waals surface area contributed by atoms with Crippen LogP contribution in [0.15, 0.2) is 29.3 Å². The second-order valence-electron chi connectivity index (χ2n) is 8.27. The number of benzene rings is 1. The van der Waals surface area contributed by atoms with Crippen LogP contribution in [0.2, 0.25) is 0 Å². The van der Waals surface area contributed by atoms with Crippen molar-refractivity contribution in [2.75, 3.05) is 66.7 Å². The summed E-state index contributed by atoms with van der Waals surface area (Å²) in [6.45, 7) is 9.42. The van der Waals surface area contributed by atoms with E-state index in [2.05, 4.69) is 58.3 Å². The number of ether oxygens (including phenoxy) is 2. The summed E-state index contributed by atoms with van der Waals surface area (Å²) in [6, 6.07) is 9.19. The summed E-state index contributed by atoms with van der Waals surface area (Å²) in [4.78, 5) is 9.34. The quantitative estimate of drug-likeness (QED) is 0.333. The van der Waals surface area contributed by atoms with Crippen LogP contribution < -0.4 is 5.32 Å². The van der Waals surface area contributed by atoms with Crippen LogP contribution in [0.4, 0.5) is 0 Å². The molecule has 7 heteroatoms. The van der Waals surface area contributed by atoms with Gasteiger partial charge in [0, 0.05) is 53.5 Å². The maximum Gasteiger partial charge on any atom is 0.193 e. The fourth-order valence-corrected chi connectivity index (χ4v) is 4.31. The number of aryl methyl sites for hydroxylation is 1. The van der Waals surface area contributed by atoms with E-state index in [4.69, 9.17) is 9.47 Å². The summed E-state index contributed by atoms with van der Waals surface area (Å²) in [6.07, 6.45) is 3.57. The highest BCUT2D eigenvalue weighted by atomic mass is 127. The zero-order valence-corrected chi connectivity index (χ0v) is 21.1. The molecule has 0 radical (unpaired) electrons. The monoisotopic (exact) mass is 530 g/mol. The van der Waals surface area contributed by atoms with E-state index in [1.54, 1.807) is 0 Å². The Balaban J connectivity index is 0.00000320. The van der Waals surface area contributed by atoms with Crippen molar-refractivity contribution in [1.82, 2.24) is 15.1 Å². The van der Waals surface area contributed by atoms with E-state index in [1.165, 1.54) is 30.4 Å². The molecular formula is C23H39IN4O2. The third-order valence-electron chi connectivity index (χ3n) is 6.15. The number of halogens is 1. The smallest absolute Gasteiger partial charge is 0.193 e. The third-order valence-corrected chi connectivity index (χ3v) is 6.15. The van der Waals surface area contributed by atoms with Crippen molar-refractivity contribution in [1.29, 1.82) is 0 Å². The Morgan fingerprint density at radius 3 is 2.57 bits per heavy atom. The molecule has 2 fully saturated rings. The van der Waals surface area contributed by atoms with Gasteiger partial charge in [-0.1, -0.05) is 29.8 Å². The lowest BCUT2D eigenvalue weighted by Crippen LogP contribution is -2.47. The Morgan fingerprint density at radius 1 is 1.20 bits per heavy atom. The zero-order valence-electron chi connectivity index (χ0n) is 18.8. The van der Waals surface area contributed by atoms with E-state index in [1.807, 2.05) is 7.05 Å². The minimum Gasteiger partial charge on any atom is -0.381 e. The van der Waals surface area contributed by atoms with Crippen molar-refractivity contribution in [2.45, 2.75) is 32.2 Å². The van der Waals surface area contributed by atoms with Crippen molar-refractivity contribution >= 4 is 29.9 Å². The first-order valence-corrected chi connectivity index (χ1v) is 11.0. The van der Waals surface area contributed by atoms with Crippen molar-refractivity contribution in [3.05, 3.63) is 35.4 Å². The van der Waals surface area contributed by atoms with Gasteiger partial charge in [0.1, 0.15) is 0 Å². The Morgan fingerprint density at radius 2 is 1.90 bits per heavy atom. The van der Waals surface area contributed by atoms with Crippen LogP contribution in [0.25, 0.3) is 0 Å². The van der Waals surface area contributed by atoms with E-state index < -0.39 is 0 Å². The molecule has 0 spiro atoms. The fourth-order valence-electron chi connectivity index (χ4n) is 4.31. The van der Waals surface area contributed by atoms with E-state index in [9.17, 15) is 0 Å². The average molecular weight is 530 g/mol. The molecule has 0 aliphatic carbocycles. The average Bonchev–Trinajstić information content (AvgIpc) is 2.76. The van der Waals surface area contributed by atoms with Crippen molar-refractivity contribution in [2.24, 2.45) is 10.9 Å². The van der Waals surface area contributed by atoms with Gasteiger partial charge in [0.15, 0.2) is 5.96 Å². The molecule has 6 nitrogen and oxygen atoms in total. The molecule has 2 saturated heterocycles. The summed E-state index contributed by atoms with van der Waals surface area (Å²) in [7, 11) is 4.02. The van der Waals surface area contributed by atoms with Crippen LogP contribution >= 0.6 is 24.0 Å². The van der Waals surface area contributed by atoms with Gasteiger partial charge in [0.2, 0.25) is 0 Å². The molecule has 0 amide bonds. The number of hydrogen-bond acceptors (Lipinski definition) is 4. The lowest BCUT2D eigenvalue weighted by Gasteiger charge is -2.36.